The third kappa shape index (κ3) is 3.52. The van der Waals surface area contributed by atoms with E-state index < -0.39 is 0 Å². The predicted molar refractivity (Wildman–Crippen MR) is 87.4 cm³/mol. The molecular formula is C16H17BrClN. The topological polar surface area (TPSA) is 3.24 Å². The molecule has 2 rings (SSSR count). The van der Waals surface area contributed by atoms with Crippen LogP contribution in [0.4, 0.5) is 5.69 Å². The Morgan fingerprint density at radius 1 is 1.16 bits per heavy atom. The largest absolute Gasteiger partial charge is 0.370 e. The monoisotopic (exact) mass is 337 g/mol. The average Bonchev–Trinajstić information content (AvgIpc) is 2.41. The van der Waals surface area contributed by atoms with Crippen molar-refractivity contribution >= 4 is 33.2 Å². The van der Waals surface area contributed by atoms with E-state index in [4.69, 9.17) is 11.6 Å². The Hall–Kier alpha value is -0.990. The van der Waals surface area contributed by atoms with Crippen LogP contribution in [0.3, 0.4) is 0 Å². The molecule has 0 aliphatic heterocycles. The van der Waals surface area contributed by atoms with E-state index in [9.17, 15) is 0 Å². The lowest BCUT2D eigenvalue weighted by Crippen LogP contribution is -2.17. The summed E-state index contributed by atoms with van der Waals surface area (Å²) in [6.07, 6.45) is 0. The second kappa shape index (κ2) is 6.44. The van der Waals surface area contributed by atoms with Crippen molar-refractivity contribution in [3.05, 3.63) is 64.2 Å². The fourth-order valence-electron chi connectivity index (χ4n) is 2.20. The van der Waals surface area contributed by atoms with Gasteiger partial charge in [0.05, 0.1) is 0 Å². The van der Waals surface area contributed by atoms with Gasteiger partial charge < -0.3 is 4.90 Å². The molecule has 0 N–H and O–H groups in total. The van der Waals surface area contributed by atoms with Crippen LogP contribution in [-0.4, -0.2) is 7.05 Å². The molecule has 0 unspecified atom stereocenters. The summed E-state index contributed by atoms with van der Waals surface area (Å²) in [4.78, 5) is 2.23. The molecule has 0 aromatic heterocycles. The van der Waals surface area contributed by atoms with Gasteiger partial charge >= 0.3 is 0 Å². The minimum absolute atomic E-state index is 0.814. The predicted octanol–water partition coefficient (Wildman–Crippen LogP) is 5.18. The van der Waals surface area contributed by atoms with Gasteiger partial charge in [-0.1, -0.05) is 57.9 Å². The highest BCUT2D eigenvalue weighted by molar-refractivity contribution is 9.08. The highest BCUT2D eigenvalue weighted by atomic mass is 79.9. The molecule has 1 nitrogen and oxygen atoms in total. The van der Waals surface area contributed by atoms with E-state index in [1.807, 2.05) is 18.2 Å². The molecule has 0 aliphatic carbocycles. The Morgan fingerprint density at radius 2 is 1.89 bits per heavy atom. The van der Waals surface area contributed by atoms with Crippen molar-refractivity contribution in [2.24, 2.45) is 0 Å². The average molecular weight is 339 g/mol. The van der Waals surface area contributed by atoms with Gasteiger partial charge in [-0.2, -0.15) is 0 Å². The lowest BCUT2D eigenvalue weighted by atomic mass is 10.1. The smallest absolute Gasteiger partial charge is 0.0455 e. The number of benzene rings is 2. The molecule has 100 valence electrons. The molecule has 3 heteroatoms. The maximum atomic E-state index is 6.21. The van der Waals surface area contributed by atoms with Gasteiger partial charge in [-0.3, -0.25) is 0 Å². The van der Waals surface area contributed by atoms with Crippen LogP contribution in [0.25, 0.3) is 0 Å². The highest BCUT2D eigenvalue weighted by Gasteiger charge is 2.08. The van der Waals surface area contributed by atoms with Gasteiger partial charge in [0, 0.05) is 29.6 Å². The van der Waals surface area contributed by atoms with E-state index in [-0.39, 0.29) is 0 Å². The number of nitrogens with zero attached hydrogens (tertiary/aromatic N) is 1. The number of rotatable bonds is 4. The Kier molecular flexibility index (Phi) is 4.89. The van der Waals surface area contributed by atoms with Crippen molar-refractivity contribution in [1.29, 1.82) is 0 Å². The summed E-state index contributed by atoms with van der Waals surface area (Å²) in [5.74, 6) is 0. The molecule has 0 fully saturated rings. The Bertz CT molecular complexity index is 568. The van der Waals surface area contributed by atoms with Crippen molar-refractivity contribution in [3.63, 3.8) is 0 Å². The third-order valence-corrected chi connectivity index (χ3v) is 4.21. The van der Waals surface area contributed by atoms with Gasteiger partial charge in [0.25, 0.3) is 0 Å². The zero-order valence-electron chi connectivity index (χ0n) is 11.2. The molecular weight excluding hydrogens is 322 g/mol. The van der Waals surface area contributed by atoms with Crippen LogP contribution in [-0.2, 0) is 11.9 Å². The Labute approximate surface area is 128 Å². The Morgan fingerprint density at radius 3 is 2.53 bits per heavy atom. The molecule has 0 atom stereocenters. The van der Waals surface area contributed by atoms with E-state index in [1.165, 1.54) is 16.8 Å². The van der Waals surface area contributed by atoms with Crippen molar-refractivity contribution in [3.8, 4) is 0 Å². The standard InChI is InChI=1S/C16H17BrClN/c1-12-9-13(10-17)7-8-16(12)19(2)11-14-5-3-4-6-15(14)18/h3-9H,10-11H2,1-2H3. The molecule has 0 bridgehead atoms. The van der Waals surface area contributed by atoms with Gasteiger partial charge in [-0.25, -0.2) is 0 Å². The molecule has 0 saturated carbocycles. The van der Waals surface area contributed by atoms with E-state index in [2.05, 4.69) is 59.1 Å². The van der Waals surface area contributed by atoms with Crippen LogP contribution >= 0.6 is 27.5 Å². The molecule has 0 amide bonds. The summed E-state index contributed by atoms with van der Waals surface area (Å²) in [6.45, 7) is 2.96. The molecule has 2 aromatic carbocycles. The molecule has 0 heterocycles. The summed E-state index contributed by atoms with van der Waals surface area (Å²) < 4.78 is 0. The molecule has 0 radical (unpaired) electrons. The van der Waals surface area contributed by atoms with E-state index in [1.54, 1.807) is 0 Å². The molecule has 0 saturated heterocycles. The van der Waals surface area contributed by atoms with Gasteiger partial charge in [0.15, 0.2) is 0 Å². The fraction of sp³-hybridized carbons (Fsp3) is 0.250. The zero-order chi connectivity index (χ0) is 13.8. The molecule has 0 aliphatic rings. The second-order valence-electron chi connectivity index (χ2n) is 4.70. The first-order valence-electron chi connectivity index (χ1n) is 6.22. The van der Waals surface area contributed by atoms with Crippen molar-refractivity contribution in [1.82, 2.24) is 0 Å². The lowest BCUT2D eigenvalue weighted by Gasteiger charge is -2.22. The summed E-state index contributed by atoms with van der Waals surface area (Å²) in [7, 11) is 2.10. The summed E-state index contributed by atoms with van der Waals surface area (Å²) in [5, 5.41) is 1.71. The Balaban J connectivity index is 2.21. The van der Waals surface area contributed by atoms with Crippen LogP contribution < -0.4 is 4.90 Å². The van der Waals surface area contributed by atoms with Gasteiger partial charge in [0.2, 0.25) is 0 Å². The van der Waals surface area contributed by atoms with Crippen LogP contribution in [0.5, 0.6) is 0 Å². The fourth-order valence-corrected chi connectivity index (χ4v) is 2.74. The summed E-state index contributed by atoms with van der Waals surface area (Å²) in [6, 6.07) is 14.5. The van der Waals surface area contributed by atoms with Gasteiger partial charge in [-0.05, 0) is 35.7 Å². The van der Waals surface area contributed by atoms with Crippen LogP contribution in [0.2, 0.25) is 5.02 Å². The first kappa shape index (κ1) is 14.4. The van der Waals surface area contributed by atoms with Crippen LogP contribution in [0.1, 0.15) is 16.7 Å². The molecule has 2 aromatic rings. The van der Waals surface area contributed by atoms with Crippen LogP contribution in [0.15, 0.2) is 42.5 Å². The maximum Gasteiger partial charge on any atom is 0.0455 e. The van der Waals surface area contributed by atoms with E-state index >= 15 is 0 Å². The summed E-state index contributed by atoms with van der Waals surface area (Å²) >= 11 is 9.70. The zero-order valence-corrected chi connectivity index (χ0v) is 13.5. The molecule has 19 heavy (non-hydrogen) atoms. The number of alkyl halides is 1. The maximum absolute atomic E-state index is 6.21. The molecule has 0 spiro atoms. The number of hydrogen-bond donors (Lipinski definition) is 0. The van der Waals surface area contributed by atoms with Crippen molar-refractivity contribution < 1.29 is 0 Å². The van der Waals surface area contributed by atoms with Gasteiger partial charge in [-0.15, -0.1) is 0 Å². The number of aryl methyl sites for hydroxylation is 1. The number of anilines is 1. The summed E-state index contributed by atoms with van der Waals surface area (Å²) in [5.41, 5.74) is 4.97. The van der Waals surface area contributed by atoms with Crippen molar-refractivity contribution in [2.45, 2.75) is 18.8 Å². The minimum atomic E-state index is 0.814. The second-order valence-corrected chi connectivity index (χ2v) is 5.67. The first-order chi connectivity index (χ1) is 9.11. The SMILES string of the molecule is Cc1cc(CBr)ccc1N(C)Cc1ccccc1Cl. The van der Waals surface area contributed by atoms with E-state index in [0.717, 1.165) is 22.5 Å². The van der Waals surface area contributed by atoms with E-state index in [0.29, 0.717) is 0 Å². The quantitative estimate of drug-likeness (QED) is 0.694. The van der Waals surface area contributed by atoms with Gasteiger partial charge in [0.1, 0.15) is 0 Å². The lowest BCUT2D eigenvalue weighted by molar-refractivity contribution is 0.917. The first-order valence-corrected chi connectivity index (χ1v) is 7.72. The highest BCUT2D eigenvalue weighted by Crippen LogP contribution is 2.24. The normalized spacial score (nSPS) is 10.5. The number of hydrogen-bond acceptors (Lipinski definition) is 1. The third-order valence-electron chi connectivity index (χ3n) is 3.19. The van der Waals surface area contributed by atoms with Crippen molar-refractivity contribution in [2.75, 3.05) is 11.9 Å². The minimum Gasteiger partial charge on any atom is -0.370 e. The van der Waals surface area contributed by atoms with Crippen LogP contribution in [0, 0.1) is 6.92 Å². The number of halogens is 2.